The van der Waals surface area contributed by atoms with Crippen LogP contribution in [0.25, 0.3) is 87.4 Å². The van der Waals surface area contributed by atoms with E-state index in [1.54, 1.807) is 0 Å². The molecule has 0 N–H and O–H groups in total. The highest BCUT2D eigenvalue weighted by Crippen LogP contribution is 2.56. The van der Waals surface area contributed by atoms with Gasteiger partial charge in [-0.15, -0.1) is 11.3 Å². The summed E-state index contributed by atoms with van der Waals surface area (Å²) in [5, 5.41) is 4.86. The minimum atomic E-state index is -0.433. The zero-order chi connectivity index (χ0) is 39.6. The Hall–Kier alpha value is -7.53. The summed E-state index contributed by atoms with van der Waals surface area (Å²) in [6.07, 6.45) is 0. The van der Waals surface area contributed by atoms with E-state index in [9.17, 15) is 0 Å². The van der Waals surface area contributed by atoms with Crippen LogP contribution >= 0.6 is 11.3 Å². The molecule has 2 aromatic heterocycles. The third-order valence-electron chi connectivity index (χ3n) is 12.2. The fourth-order valence-electron chi connectivity index (χ4n) is 9.49. The van der Waals surface area contributed by atoms with Gasteiger partial charge in [-0.1, -0.05) is 194 Å². The van der Waals surface area contributed by atoms with Crippen LogP contribution in [0.3, 0.4) is 0 Å². The highest BCUT2D eigenvalue weighted by atomic mass is 32.1. The van der Waals surface area contributed by atoms with Gasteiger partial charge in [0.1, 0.15) is 0 Å². The lowest BCUT2D eigenvalue weighted by Crippen LogP contribution is -2.28. The van der Waals surface area contributed by atoms with Gasteiger partial charge < -0.3 is 0 Å². The molecular weight excluding hydrogens is 747 g/mol. The van der Waals surface area contributed by atoms with Crippen molar-refractivity contribution in [1.82, 2.24) is 15.0 Å². The molecule has 0 fully saturated rings. The van der Waals surface area contributed by atoms with Crippen LogP contribution in [0.5, 0.6) is 0 Å². The number of nitrogens with zero attached hydrogens (tertiary/aromatic N) is 3. The predicted octanol–water partition coefficient (Wildman–Crippen LogP) is 14.4. The van der Waals surface area contributed by atoms with Crippen LogP contribution in [0.2, 0.25) is 0 Å². The number of fused-ring (bicyclic) bond motifs is 7. The van der Waals surface area contributed by atoms with Crippen molar-refractivity contribution in [1.29, 1.82) is 0 Å². The third kappa shape index (κ3) is 5.38. The maximum absolute atomic E-state index is 5.18. The second kappa shape index (κ2) is 13.8. The summed E-state index contributed by atoms with van der Waals surface area (Å²) < 4.78 is 2.52. The van der Waals surface area contributed by atoms with E-state index in [2.05, 4.69) is 194 Å². The first-order valence-electron chi connectivity index (χ1n) is 20.3. The lowest BCUT2D eigenvalue weighted by molar-refractivity contribution is 0.770. The van der Waals surface area contributed by atoms with Gasteiger partial charge in [-0.05, 0) is 73.5 Å². The Morgan fingerprint density at radius 3 is 1.58 bits per heavy atom. The number of benzene rings is 9. The van der Waals surface area contributed by atoms with E-state index in [1.165, 1.54) is 58.9 Å². The summed E-state index contributed by atoms with van der Waals surface area (Å²) in [5.41, 5.74) is 12.5. The smallest absolute Gasteiger partial charge is 0.164 e. The number of hydrogen-bond acceptors (Lipinski definition) is 4. The van der Waals surface area contributed by atoms with Crippen molar-refractivity contribution in [2.45, 2.75) is 5.41 Å². The first kappa shape index (κ1) is 34.5. The molecule has 9 aromatic carbocycles. The lowest BCUT2D eigenvalue weighted by atomic mass is 9.67. The van der Waals surface area contributed by atoms with Crippen molar-refractivity contribution in [3.8, 4) is 56.4 Å². The summed E-state index contributed by atoms with van der Waals surface area (Å²) in [5.74, 6) is 1.94. The van der Waals surface area contributed by atoms with Crippen LogP contribution in [-0.2, 0) is 5.41 Å². The molecule has 0 saturated carbocycles. The molecule has 0 spiro atoms. The van der Waals surface area contributed by atoms with Gasteiger partial charge in [0, 0.05) is 36.9 Å². The molecule has 60 heavy (non-hydrogen) atoms. The van der Waals surface area contributed by atoms with Crippen molar-refractivity contribution in [2.24, 2.45) is 0 Å². The van der Waals surface area contributed by atoms with Gasteiger partial charge in [0.05, 0.1) is 5.41 Å². The van der Waals surface area contributed by atoms with Gasteiger partial charge in [0.2, 0.25) is 0 Å². The molecule has 0 bridgehead atoms. The van der Waals surface area contributed by atoms with Gasteiger partial charge in [-0.25, -0.2) is 15.0 Å². The summed E-state index contributed by atoms with van der Waals surface area (Å²) in [6, 6.07) is 76.4. The molecule has 2 heterocycles. The number of rotatable bonds is 6. The Kier molecular flexibility index (Phi) is 7.94. The average molecular weight is 782 g/mol. The molecule has 0 atom stereocenters. The van der Waals surface area contributed by atoms with E-state index >= 15 is 0 Å². The molecule has 280 valence electrons. The molecule has 0 saturated heterocycles. The van der Waals surface area contributed by atoms with Crippen LogP contribution in [-0.4, -0.2) is 15.0 Å². The fraction of sp³-hybridized carbons (Fsp3) is 0.0179. The zero-order valence-electron chi connectivity index (χ0n) is 32.5. The van der Waals surface area contributed by atoms with E-state index in [4.69, 9.17) is 15.0 Å². The van der Waals surface area contributed by atoms with E-state index in [0.717, 1.165) is 33.2 Å². The molecule has 0 amide bonds. The summed E-state index contributed by atoms with van der Waals surface area (Å²) >= 11 is 1.86. The molecule has 1 aliphatic carbocycles. The fourth-order valence-corrected chi connectivity index (χ4v) is 10.7. The van der Waals surface area contributed by atoms with Gasteiger partial charge in [0.25, 0.3) is 0 Å². The highest BCUT2D eigenvalue weighted by Gasteiger charge is 2.46. The number of aromatic nitrogens is 3. The number of hydrogen-bond donors (Lipinski definition) is 0. The molecule has 0 unspecified atom stereocenters. The first-order chi connectivity index (χ1) is 29.7. The summed E-state index contributed by atoms with van der Waals surface area (Å²) in [6.45, 7) is 0. The molecule has 12 rings (SSSR count). The molecule has 3 nitrogen and oxygen atoms in total. The molecule has 0 radical (unpaired) electrons. The van der Waals surface area contributed by atoms with Crippen molar-refractivity contribution in [3.05, 3.63) is 235 Å². The predicted molar refractivity (Wildman–Crippen MR) is 249 cm³/mol. The Bertz CT molecular complexity index is 3400. The minimum absolute atomic E-state index is 0.433. The van der Waals surface area contributed by atoms with Crippen molar-refractivity contribution >= 4 is 42.3 Å². The van der Waals surface area contributed by atoms with E-state index in [1.807, 2.05) is 29.5 Å². The maximum atomic E-state index is 5.18. The van der Waals surface area contributed by atoms with Crippen LogP contribution in [0.4, 0.5) is 0 Å². The Morgan fingerprint density at radius 1 is 0.317 bits per heavy atom. The van der Waals surface area contributed by atoms with E-state index in [-0.39, 0.29) is 0 Å². The standard InChI is InChI=1S/C56H35N3S/c1-3-16-37(17-4-1)53-57-54(40-28-27-36-15-7-8-18-38(36)33-40)59-55(58-53)48-24-10-9-21-43(48)39-29-31-46-47-32-30-42(35-52(47)60-51(46)34-39)56(41-19-5-2-6-20-41)49-25-13-11-22-44(49)45-23-12-14-26-50(45)56/h1-35H. The van der Waals surface area contributed by atoms with Crippen molar-refractivity contribution in [3.63, 3.8) is 0 Å². The Balaban J connectivity index is 1.00. The van der Waals surface area contributed by atoms with Crippen molar-refractivity contribution < 1.29 is 0 Å². The molecule has 0 aliphatic heterocycles. The third-order valence-corrected chi connectivity index (χ3v) is 13.3. The average Bonchev–Trinajstić information content (AvgIpc) is 3.85. The summed E-state index contributed by atoms with van der Waals surface area (Å²) in [7, 11) is 0. The topological polar surface area (TPSA) is 38.7 Å². The minimum Gasteiger partial charge on any atom is -0.208 e. The maximum Gasteiger partial charge on any atom is 0.164 e. The first-order valence-corrected chi connectivity index (χ1v) is 21.2. The molecule has 1 aliphatic rings. The lowest BCUT2D eigenvalue weighted by Gasteiger charge is -2.33. The largest absolute Gasteiger partial charge is 0.208 e. The van der Waals surface area contributed by atoms with Gasteiger partial charge in [0.15, 0.2) is 17.5 Å². The normalized spacial score (nSPS) is 12.8. The van der Waals surface area contributed by atoms with Gasteiger partial charge >= 0.3 is 0 Å². The second-order valence-electron chi connectivity index (χ2n) is 15.5. The van der Waals surface area contributed by atoms with Crippen LogP contribution in [0.15, 0.2) is 212 Å². The number of thiophene rings is 1. The Labute approximate surface area is 352 Å². The van der Waals surface area contributed by atoms with Crippen LogP contribution < -0.4 is 0 Å². The van der Waals surface area contributed by atoms with Crippen LogP contribution in [0.1, 0.15) is 22.3 Å². The molecule has 11 aromatic rings. The van der Waals surface area contributed by atoms with Gasteiger partial charge in [-0.3, -0.25) is 0 Å². The highest BCUT2D eigenvalue weighted by molar-refractivity contribution is 7.25. The molecular formula is C56H35N3S. The van der Waals surface area contributed by atoms with Crippen LogP contribution in [0, 0.1) is 0 Å². The zero-order valence-corrected chi connectivity index (χ0v) is 33.3. The summed E-state index contributed by atoms with van der Waals surface area (Å²) in [4.78, 5) is 15.4. The monoisotopic (exact) mass is 781 g/mol. The van der Waals surface area contributed by atoms with Crippen molar-refractivity contribution in [2.75, 3.05) is 0 Å². The SMILES string of the molecule is c1ccc(-c2nc(-c3ccc4ccccc4c3)nc(-c3ccccc3-c3ccc4c(c3)sc3cc(C5(c6ccccc6)c6ccccc6-c6ccccc65)ccc34)n2)cc1. The Morgan fingerprint density at radius 2 is 0.850 bits per heavy atom. The quantitative estimate of drug-likeness (QED) is 0.169. The second-order valence-corrected chi connectivity index (χ2v) is 16.6. The van der Waals surface area contributed by atoms with E-state index in [0.29, 0.717) is 17.5 Å². The van der Waals surface area contributed by atoms with E-state index < -0.39 is 5.41 Å². The van der Waals surface area contributed by atoms with Gasteiger partial charge in [-0.2, -0.15) is 0 Å². The molecule has 4 heteroatoms.